The molecule has 9 nitrogen and oxygen atoms in total. The Balaban J connectivity index is 1.34. The summed E-state index contributed by atoms with van der Waals surface area (Å²) >= 11 is 1.47. The Bertz CT molecular complexity index is 1150. The minimum atomic E-state index is -0.187. The van der Waals surface area contributed by atoms with Gasteiger partial charge in [0.05, 0.1) is 36.4 Å². The number of thiazole rings is 1. The topological polar surface area (TPSA) is 83.1 Å². The van der Waals surface area contributed by atoms with E-state index in [0.29, 0.717) is 29.7 Å². The number of hydrogen-bond donors (Lipinski definition) is 1. The summed E-state index contributed by atoms with van der Waals surface area (Å²) in [6.07, 6.45) is 1.71. The highest BCUT2D eigenvalue weighted by molar-refractivity contribution is 7.23. The number of hydrogen-bond acceptors (Lipinski definition) is 9. The van der Waals surface area contributed by atoms with Gasteiger partial charge in [0, 0.05) is 57.6 Å². The van der Waals surface area contributed by atoms with Crippen LogP contribution in [0.25, 0.3) is 10.2 Å². The molecule has 1 aromatic carbocycles. The molecule has 2 aliphatic heterocycles. The van der Waals surface area contributed by atoms with E-state index in [4.69, 9.17) is 14.5 Å². The van der Waals surface area contributed by atoms with E-state index in [-0.39, 0.29) is 5.91 Å². The molecule has 5 rings (SSSR count). The SMILES string of the molecule is COc1ccc(N2CCOCC2)c2sc(NC(=O)c3ccnc(CN4CCN(C)CC4)c3)nc12. The molecule has 0 spiro atoms. The van der Waals surface area contributed by atoms with E-state index in [1.807, 2.05) is 12.1 Å². The molecule has 2 saturated heterocycles. The number of anilines is 2. The van der Waals surface area contributed by atoms with Crippen LogP contribution >= 0.6 is 11.3 Å². The van der Waals surface area contributed by atoms with Gasteiger partial charge < -0.3 is 19.3 Å². The second kappa shape index (κ2) is 10.2. The summed E-state index contributed by atoms with van der Waals surface area (Å²) in [6.45, 7) is 7.92. The standard InChI is InChI=1S/C24H30N6O3S/c1-28-7-9-29(10-8-28)16-18-15-17(5-6-25-18)23(31)27-24-26-21-20(32-2)4-3-19(22(21)34-24)30-11-13-33-14-12-30/h3-6,15H,7-14,16H2,1-2H3,(H,26,27,31). The molecule has 2 aliphatic rings. The molecule has 1 amide bonds. The summed E-state index contributed by atoms with van der Waals surface area (Å²) in [7, 11) is 3.78. The number of nitrogens with one attached hydrogen (secondary N) is 1. The van der Waals surface area contributed by atoms with Crippen molar-refractivity contribution < 1.29 is 14.3 Å². The zero-order valence-corrected chi connectivity index (χ0v) is 20.4. The molecule has 10 heteroatoms. The first-order valence-corrected chi connectivity index (χ1v) is 12.4. The molecule has 0 aliphatic carbocycles. The minimum Gasteiger partial charge on any atom is -0.494 e. The molecule has 3 aromatic rings. The maximum Gasteiger partial charge on any atom is 0.257 e. The molecular weight excluding hydrogens is 452 g/mol. The quantitative estimate of drug-likeness (QED) is 0.574. The molecule has 0 atom stereocenters. The van der Waals surface area contributed by atoms with Gasteiger partial charge in [-0.05, 0) is 31.3 Å². The average Bonchev–Trinajstić information content (AvgIpc) is 3.29. The number of aromatic nitrogens is 2. The van der Waals surface area contributed by atoms with E-state index in [2.05, 4.69) is 38.1 Å². The first kappa shape index (κ1) is 23.0. The zero-order valence-electron chi connectivity index (χ0n) is 19.6. The van der Waals surface area contributed by atoms with Gasteiger partial charge in [0.1, 0.15) is 11.3 Å². The normalized spacial score (nSPS) is 17.8. The number of pyridine rings is 1. The first-order valence-electron chi connectivity index (χ1n) is 11.6. The third kappa shape index (κ3) is 5.00. The van der Waals surface area contributed by atoms with Crippen molar-refractivity contribution >= 4 is 38.3 Å². The van der Waals surface area contributed by atoms with Crippen LogP contribution in [0.4, 0.5) is 10.8 Å². The van der Waals surface area contributed by atoms with Gasteiger partial charge in [-0.15, -0.1) is 0 Å². The first-order chi connectivity index (χ1) is 16.6. The monoisotopic (exact) mass is 482 g/mol. The summed E-state index contributed by atoms with van der Waals surface area (Å²) in [6, 6.07) is 7.62. The number of ether oxygens (including phenoxy) is 2. The maximum atomic E-state index is 13.1. The van der Waals surface area contributed by atoms with E-state index in [1.54, 1.807) is 19.4 Å². The number of rotatable bonds is 6. The Morgan fingerprint density at radius 1 is 1.15 bits per heavy atom. The summed E-state index contributed by atoms with van der Waals surface area (Å²) in [5.41, 5.74) is 3.34. The fraction of sp³-hybridized carbons (Fsp3) is 0.458. The van der Waals surface area contributed by atoms with Crippen LogP contribution in [0, 0.1) is 0 Å². The van der Waals surface area contributed by atoms with Crippen LogP contribution in [0.2, 0.25) is 0 Å². The molecule has 0 bridgehead atoms. The number of carbonyl (C=O) groups excluding carboxylic acids is 1. The van der Waals surface area contributed by atoms with Crippen LogP contribution in [0.3, 0.4) is 0 Å². The van der Waals surface area contributed by atoms with Crippen molar-refractivity contribution in [2.24, 2.45) is 0 Å². The Morgan fingerprint density at radius 2 is 1.94 bits per heavy atom. The number of piperazine rings is 1. The Morgan fingerprint density at radius 3 is 2.71 bits per heavy atom. The fourth-order valence-electron chi connectivity index (χ4n) is 4.35. The number of amides is 1. The van der Waals surface area contributed by atoms with Crippen LogP contribution in [0.1, 0.15) is 16.1 Å². The molecule has 1 N–H and O–H groups in total. The van der Waals surface area contributed by atoms with Crippen molar-refractivity contribution in [1.82, 2.24) is 19.8 Å². The van der Waals surface area contributed by atoms with Crippen molar-refractivity contribution in [2.45, 2.75) is 6.54 Å². The van der Waals surface area contributed by atoms with Gasteiger partial charge in [-0.2, -0.15) is 0 Å². The summed E-state index contributed by atoms with van der Waals surface area (Å²) in [5, 5.41) is 3.54. The summed E-state index contributed by atoms with van der Waals surface area (Å²) < 4.78 is 12.0. The second-order valence-electron chi connectivity index (χ2n) is 8.65. The predicted molar refractivity (Wildman–Crippen MR) is 134 cm³/mol. The van der Waals surface area contributed by atoms with Crippen LogP contribution in [-0.4, -0.2) is 92.3 Å². The Labute approximate surface area is 203 Å². The van der Waals surface area contributed by atoms with Crippen LogP contribution in [0.5, 0.6) is 5.75 Å². The molecule has 34 heavy (non-hydrogen) atoms. The Kier molecular flexibility index (Phi) is 6.91. The summed E-state index contributed by atoms with van der Waals surface area (Å²) in [4.78, 5) is 29.2. The van der Waals surface area contributed by atoms with Gasteiger partial charge in [0.25, 0.3) is 5.91 Å². The van der Waals surface area contributed by atoms with Crippen molar-refractivity contribution in [3.63, 3.8) is 0 Å². The molecule has 2 aromatic heterocycles. The van der Waals surface area contributed by atoms with E-state index >= 15 is 0 Å². The fourth-order valence-corrected chi connectivity index (χ4v) is 5.37. The van der Waals surface area contributed by atoms with Crippen LogP contribution in [-0.2, 0) is 11.3 Å². The highest BCUT2D eigenvalue weighted by Gasteiger charge is 2.21. The van der Waals surface area contributed by atoms with Gasteiger partial charge in [0.2, 0.25) is 0 Å². The van der Waals surface area contributed by atoms with E-state index < -0.39 is 0 Å². The van der Waals surface area contributed by atoms with Crippen molar-refractivity contribution in [3.8, 4) is 5.75 Å². The smallest absolute Gasteiger partial charge is 0.257 e. The van der Waals surface area contributed by atoms with E-state index in [9.17, 15) is 4.79 Å². The number of methoxy groups -OCH3 is 1. The lowest BCUT2D eigenvalue weighted by Gasteiger charge is -2.32. The largest absolute Gasteiger partial charge is 0.494 e. The highest BCUT2D eigenvalue weighted by atomic mass is 32.1. The minimum absolute atomic E-state index is 0.187. The number of nitrogens with zero attached hydrogens (tertiary/aromatic N) is 5. The lowest BCUT2D eigenvalue weighted by Crippen LogP contribution is -2.44. The number of fused-ring (bicyclic) bond motifs is 1. The van der Waals surface area contributed by atoms with Gasteiger partial charge in [0.15, 0.2) is 5.13 Å². The number of likely N-dealkylation sites (N-methyl/N-ethyl adjacent to an activating group) is 1. The predicted octanol–water partition coefficient (Wildman–Crippen LogP) is 2.54. The number of carbonyl (C=O) groups is 1. The number of benzene rings is 1. The lowest BCUT2D eigenvalue weighted by molar-refractivity contribution is 0.102. The van der Waals surface area contributed by atoms with Crippen molar-refractivity contribution in [3.05, 3.63) is 41.7 Å². The van der Waals surface area contributed by atoms with Gasteiger partial charge in [-0.25, -0.2) is 4.98 Å². The zero-order chi connectivity index (χ0) is 23.5. The third-order valence-electron chi connectivity index (χ3n) is 6.34. The van der Waals surface area contributed by atoms with E-state index in [1.165, 1.54) is 11.3 Å². The third-order valence-corrected chi connectivity index (χ3v) is 7.33. The molecule has 0 radical (unpaired) electrons. The molecule has 2 fully saturated rings. The lowest BCUT2D eigenvalue weighted by atomic mass is 10.2. The van der Waals surface area contributed by atoms with Crippen molar-refractivity contribution in [1.29, 1.82) is 0 Å². The van der Waals surface area contributed by atoms with Crippen LogP contribution < -0.4 is 15.0 Å². The number of morpholine rings is 1. The molecule has 0 unspecified atom stereocenters. The van der Waals surface area contributed by atoms with Crippen molar-refractivity contribution in [2.75, 3.05) is 76.9 Å². The van der Waals surface area contributed by atoms with Gasteiger partial charge in [-0.3, -0.25) is 20.0 Å². The summed E-state index contributed by atoms with van der Waals surface area (Å²) in [5.74, 6) is 0.509. The molecule has 180 valence electrons. The van der Waals surface area contributed by atoms with E-state index in [0.717, 1.165) is 67.4 Å². The second-order valence-corrected chi connectivity index (χ2v) is 9.65. The Hall–Kier alpha value is -2.79. The molecular formula is C24H30N6O3S. The molecule has 0 saturated carbocycles. The van der Waals surface area contributed by atoms with Gasteiger partial charge in [-0.1, -0.05) is 11.3 Å². The van der Waals surface area contributed by atoms with Crippen LogP contribution in [0.15, 0.2) is 30.5 Å². The maximum absolute atomic E-state index is 13.1. The molecule has 4 heterocycles. The average molecular weight is 483 g/mol. The highest BCUT2D eigenvalue weighted by Crippen LogP contribution is 2.39. The van der Waals surface area contributed by atoms with Gasteiger partial charge >= 0.3 is 0 Å².